The molecule has 1 rings (SSSR count). The summed E-state index contributed by atoms with van der Waals surface area (Å²) in [6, 6.07) is 7.50. The van der Waals surface area contributed by atoms with Crippen molar-refractivity contribution >= 4 is 11.9 Å². The van der Waals surface area contributed by atoms with Gasteiger partial charge in [0, 0.05) is 0 Å². The summed E-state index contributed by atoms with van der Waals surface area (Å²) in [4.78, 5) is 22.5. The number of amides is 1. The van der Waals surface area contributed by atoms with Gasteiger partial charge in [0.15, 0.2) is 12.7 Å². The van der Waals surface area contributed by atoms with Gasteiger partial charge in [-0.2, -0.15) is 0 Å². The first-order chi connectivity index (χ1) is 9.93. The van der Waals surface area contributed by atoms with Crippen molar-refractivity contribution in [1.82, 2.24) is 5.32 Å². The first-order valence-electron chi connectivity index (χ1n) is 6.69. The molecule has 1 atom stereocenters. The summed E-state index contributed by atoms with van der Waals surface area (Å²) in [6.45, 7) is 3.75. The molecule has 0 radical (unpaired) electrons. The second-order valence-corrected chi connectivity index (χ2v) is 4.86. The maximum atomic E-state index is 11.6. The highest BCUT2D eigenvalue weighted by atomic mass is 16.5. The molecule has 0 aromatic heterocycles. The van der Waals surface area contributed by atoms with Crippen molar-refractivity contribution in [3.8, 4) is 5.75 Å². The van der Waals surface area contributed by atoms with Gasteiger partial charge in [-0.1, -0.05) is 26.0 Å². The van der Waals surface area contributed by atoms with E-state index in [4.69, 9.17) is 4.74 Å². The van der Waals surface area contributed by atoms with Crippen molar-refractivity contribution in [2.45, 2.75) is 25.9 Å². The summed E-state index contributed by atoms with van der Waals surface area (Å²) in [5.41, 5.74) is 1.12. The van der Waals surface area contributed by atoms with Crippen molar-refractivity contribution in [2.75, 3.05) is 20.3 Å². The highest BCUT2D eigenvalue weighted by Crippen LogP contribution is 2.19. The van der Waals surface area contributed by atoms with Crippen LogP contribution < -0.4 is 10.1 Å². The number of aliphatic hydroxyl groups excluding tert-OH is 1. The van der Waals surface area contributed by atoms with Gasteiger partial charge >= 0.3 is 5.97 Å². The Labute approximate surface area is 124 Å². The summed E-state index contributed by atoms with van der Waals surface area (Å²) in [6.07, 6.45) is -1.37. The van der Waals surface area contributed by atoms with E-state index in [0.717, 1.165) is 12.7 Å². The second kappa shape index (κ2) is 8.26. The number of aliphatic hydroxyl groups is 1. The average molecular weight is 295 g/mol. The van der Waals surface area contributed by atoms with Gasteiger partial charge in [-0.05, 0) is 23.6 Å². The molecule has 0 saturated carbocycles. The maximum absolute atomic E-state index is 11.6. The molecule has 0 heterocycles. The Morgan fingerprint density at radius 3 is 2.67 bits per heavy atom. The van der Waals surface area contributed by atoms with Crippen LogP contribution in [0.15, 0.2) is 24.3 Å². The minimum Gasteiger partial charge on any atom is -0.484 e. The maximum Gasteiger partial charge on any atom is 0.336 e. The number of hydrogen-bond acceptors (Lipinski definition) is 5. The van der Waals surface area contributed by atoms with Crippen LogP contribution in [0.25, 0.3) is 0 Å². The Kier molecular flexibility index (Phi) is 6.68. The molecule has 0 spiro atoms. The van der Waals surface area contributed by atoms with Crippen molar-refractivity contribution in [3.05, 3.63) is 29.8 Å². The Morgan fingerprint density at radius 2 is 2.05 bits per heavy atom. The van der Waals surface area contributed by atoms with E-state index in [1.165, 1.54) is 0 Å². The van der Waals surface area contributed by atoms with Gasteiger partial charge in [-0.15, -0.1) is 0 Å². The van der Waals surface area contributed by atoms with E-state index in [1.807, 2.05) is 18.2 Å². The molecule has 0 aliphatic rings. The lowest BCUT2D eigenvalue weighted by Crippen LogP contribution is -2.39. The zero-order valence-corrected chi connectivity index (χ0v) is 12.5. The predicted octanol–water partition coefficient (Wildman–Crippen LogP) is 0.839. The van der Waals surface area contributed by atoms with Crippen LogP contribution in [0.1, 0.15) is 25.3 Å². The molecule has 1 amide bonds. The predicted molar refractivity (Wildman–Crippen MR) is 77.1 cm³/mol. The number of benzene rings is 1. The van der Waals surface area contributed by atoms with Gasteiger partial charge in [0.2, 0.25) is 0 Å². The number of nitrogens with one attached hydrogen (secondary N) is 1. The van der Waals surface area contributed by atoms with E-state index >= 15 is 0 Å². The topological polar surface area (TPSA) is 84.9 Å². The number of carbonyl (C=O) groups is 2. The molecule has 0 saturated heterocycles. The van der Waals surface area contributed by atoms with Gasteiger partial charge in [-0.25, -0.2) is 4.79 Å². The third kappa shape index (κ3) is 5.83. The van der Waals surface area contributed by atoms with Crippen LogP contribution in [-0.2, 0) is 14.3 Å². The fraction of sp³-hybridized carbons (Fsp3) is 0.467. The molecule has 21 heavy (non-hydrogen) atoms. The number of esters is 1. The largest absolute Gasteiger partial charge is 0.484 e. The van der Waals surface area contributed by atoms with E-state index in [-0.39, 0.29) is 13.2 Å². The van der Waals surface area contributed by atoms with E-state index in [1.54, 1.807) is 6.07 Å². The summed E-state index contributed by atoms with van der Waals surface area (Å²) in [5, 5.41) is 11.7. The number of ether oxygens (including phenoxy) is 2. The molecular weight excluding hydrogens is 274 g/mol. The van der Waals surface area contributed by atoms with Crippen LogP contribution in [0, 0.1) is 0 Å². The van der Waals surface area contributed by atoms with Crippen molar-refractivity contribution < 1.29 is 24.2 Å². The van der Waals surface area contributed by atoms with Gasteiger partial charge in [0.25, 0.3) is 5.91 Å². The minimum atomic E-state index is -1.37. The molecule has 0 bridgehead atoms. The standard InChI is InChI=1S/C15H21NO5/c1-10(2)11-5-4-6-12(7-11)21-9-14(18)16-8-13(17)15(19)20-3/h4-7,10,13,17H,8-9H2,1-3H3,(H,16,18). The second-order valence-electron chi connectivity index (χ2n) is 4.86. The molecule has 0 aliphatic heterocycles. The first kappa shape index (κ1) is 17.0. The molecule has 116 valence electrons. The summed E-state index contributed by atoms with van der Waals surface area (Å²) < 4.78 is 9.71. The molecule has 1 unspecified atom stereocenters. The molecule has 0 fully saturated rings. The molecule has 6 nitrogen and oxygen atoms in total. The SMILES string of the molecule is COC(=O)C(O)CNC(=O)COc1cccc(C(C)C)c1. The molecule has 2 N–H and O–H groups in total. The normalized spacial score (nSPS) is 11.9. The van der Waals surface area contributed by atoms with Crippen LogP contribution in [0.4, 0.5) is 0 Å². The Balaban J connectivity index is 2.39. The van der Waals surface area contributed by atoms with Gasteiger partial charge in [0.05, 0.1) is 13.7 Å². The Hall–Kier alpha value is -2.08. The lowest BCUT2D eigenvalue weighted by Gasteiger charge is -2.11. The monoisotopic (exact) mass is 295 g/mol. The Morgan fingerprint density at radius 1 is 1.33 bits per heavy atom. The van der Waals surface area contributed by atoms with Crippen LogP contribution in [0.2, 0.25) is 0 Å². The number of hydrogen-bond donors (Lipinski definition) is 2. The highest BCUT2D eigenvalue weighted by Gasteiger charge is 2.16. The lowest BCUT2D eigenvalue weighted by atomic mass is 10.0. The fourth-order valence-corrected chi connectivity index (χ4v) is 1.59. The lowest BCUT2D eigenvalue weighted by molar-refractivity contribution is -0.150. The molecular formula is C15H21NO5. The minimum absolute atomic E-state index is 0.185. The van der Waals surface area contributed by atoms with Gasteiger partial charge in [0.1, 0.15) is 5.75 Å². The zero-order chi connectivity index (χ0) is 15.8. The first-order valence-corrected chi connectivity index (χ1v) is 6.69. The third-order valence-electron chi connectivity index (χ3n) is 2.86. The van der Waals surface area contributed by atoms with E-state index < -0.39 is 18.0 Å². The zero-order valence-electron chi connectivity index (χ0n) is 12.5. The van der Waals surface area contributed by atoms with E-state index in [2.05, 4.69) is 23.9 Å². The van der Waals surface area contributed by atoms with Crippen molar-refractivity contribution in [2.24, 2.45) is 0 Å². The highest BCUT2D eigenvalue weighted by molar-refractivity contribution is 5.79. The number of carbonyl (C=O) groups excluding carboxylic acids is 2. The quantitative estimate of drug-likeness (QED) is 0.728. The molecule has 6 heteroatoms. The van der Waals surface area contributed by atoms with Crippen LogP contribution >= 0.6 is 0 Å². The van der Waals surface area contributed by atoms with Crippen molar-refractivity contribution in [1.29, 1.82) is 0 Å². The summed E-state index contributed by atoms with van der Waals surface area (Å²) in [7, 11) is 1.16. The summed E-state index contributed by atoms with van der Waals surface area (Å²) in [5.74, 6) is -0.240. The Bertz CT molecular complexity index is 487. The number of methoxy groups -OCH3 is 1. The van der Waals surface area contributed by atoms with Crippen LogP contribution in [-0.4, -0.2) is 43.3 Å². The molecule has 1 aromatic carbocycles. The molecule has 0 aliphatic carbocycles. The van der Waals surface area contributed by atoms with E-state index in [9.17, 15) is 14.7 Å². The van der Waals surface area contributed by atoms with E-state index in [0.29, 0.717) is 11.7 Å². The smallest absolute Gasteiger partial charge is 0.336 e. The number of rotatable bonds is 7. The van der Waals surface area contributed by atoms with Crippen LogP contribution in [0.3, 0.4) is 0 Å². The average Bonchev–Trinajstić information content (AvgIpc) is 2.49. The van der Waals surface area contributed by atoms with Gasteiger partial charge in [-0.3, -0.25) is 4.79 Å². The fourth-order valence-electron chi connectivity index (χ4n) is 1.59. The van der Waals surface area contributed by atoms with Crippen LogP contribution in [0.5, 0.6) is 5.75 Å². The third-order valence-corrected chi connectivity index (χ3v) is 2.86. The molecule has 1 aromatic rings. The van der Waals surface area contributed by atoms with Gasteiger partial charge < -0.3 is 19.9 Å². The van der Waals surface area contributed by atoms with Crippen molar-refractivity contribution in [3.63, 3.8) is 0 Å². The summed E-state index contributed by atoms with van der Waals surface area (Å²) >= 11 is 0.